The standard InChI is InChI=1S/La.HNO3.2H2O/c;2-1(3)4;;/h;(H,2,3,4);2*1H2. The molecule has 0 amide bonds. The van der Waals surface area contributed by atoms with E-state index < -0.39 is 5.09 Å². The largest absolute Gasteiger partial charge is 0.412 e. The minimum Gasteiger partial charge on any atom is -0.412 e. The van der Waals surface area contributed by atoms with Gasteiger partial charge in [0.05, 0.1) is 0 Å². The SMILES string of the molecule is O.O.O=[N+]([O-])O.[La]. The summed E-state index contributed by atoms with van der Waals surface area (Å²) >= 11 is 0. The molecule has 0 aromatic heterocycles. The van der Waals surface area contributed by atoms with E-state index >= 15 is 0 Å². The van der Waals surface area contributed by atoms with Gasteiger partial charge in [-0.1, -0.05) is 0 Å². The first-order valence-electron chi connectivity index (χ1n) is 0.565. The molecule has 0 saturated carbocycles. The Kier molecular flexibility index (Phi) is 61.6. The number of hydrogen-bond acceptors (Lipinski definition) is 2. The fourth-order valence-electron chi connectivity index (χ4n) is 0. The molecule has 0 rings (SSSR count). The third kappa shape index (κ3) is 1190. The second-order valence-electron chi connectivity index (χ2n) is 0.238. The molecule has 0 spiro atoms. The van der Waals surface area contributed by atoms with E-state index in [-0.39, 0.29) is 46.6 Å². The van der Waals surface area contributed by atoms with Crippen LogP contribution in [0, 0.1) is 45.7 Å². The summed E-state index contributed by atoms with van der Waals surface area (Å²) in [7, 11) is 0. The first-order chi connectivity index (χ1) is 1.73. The Morgan fingerprint density at radius 2 is 1.43 bits per heavy atom. The van der Waals surface area contributed by atoms with Crippen molar-refractivity contribution in [3.8, 4) is 0 Å². The van der Waals surface area contributed by atoms with E-state index in [9.17, 15) is 0 Å². The molecule has 6 nitrogen and oxygen atoms in total. The predicted molar refractivity (Wildman–Crippen MR) is 16.0 cm³/mol. The van der Waals surface area contributed by atoms with Crippen molar-refractivity contribution in [1.29, 1.82) is 0 Å². The van der Waals surface area contributed by atoms with E-state index in [1.165, 1.54) is 0 Å². The van der Waals surface area contributed by atoms with Gasteiger partial charge in [0, 0.05) is 35.6 Å². The summed E-state index contributed by atoms with van der Waals surface area (Å²) in [5.74, 6) is 0. The van der Waals surface area contributed by atoms with Crippen molar-refractivity contribution >= 4 is 0 Å². The van der Waals surface area contributed by atoms with Gasteiger partial charge >= 0.3 is 0 Å². The van der Waals surface area contributed by atoms with Crippen LogP contribution in [0.25, 0.3) is 0 Å². The van der Waals surface area contributed by atoms with Crippen LogP contribution < -0.4 is 0 Å². The van der Waals surface area contributed by atoms with Crippen molar-refractivity contribution in [3.63, 3.8) is 0 Å². The van der Waals surface area contributed by atoms with E-state index in [4.69, 9.17) is 15.3 Å². The van der Waals surface area contributed by atoms with Crippen molar-refractivity contribution < 1.29 is 56.8 Å². The van der Waals surface area contributed by atoms with Crippen molar-refractivity contribution in [2.24, 2.45) is 0 Å². The van der Waals surface area contributed by atoms with E-state index in [0.29, 0.717) is 0 Å². The molecule has 0 atom stereocenters. The summed E-state index contributed by atoms with van der Waals surface area (Å²) < 4.78 is 0. The third-order valence-electron chi connectivity index (χ3n) is 0. The van der Waals surface area contributed by atoms with Gasteiger partial charge in [0.2, 0.25) is 0 Å². The van der Waals surface area contributed by atoms with Gasteiger partial charge in [-0.3, -0.25) is 0 Å². The third-order valence-corrected chi connectivity index (χ3v) is 0. The summed E-state index contributed by atoms with van der Waals surface area (Å²) in [5.41, 5.74) is 0. The minimum absolute atomic E-state index is 0. The molecule has 0 heterocycles. The molecular weight excluding hydrogens is 233 g/mol. The van der Waals surface area contributed by atoms with Gasteiger partial charge in [-0.2, -0.15) is 0 Å². The summed E-state index contributed by atoms with van der Waals surface area (Å²) in [6.07, 6.45) is 0. The maximum absolute atomic E-state index is 8.36. The molecule has 1 radical (unpaired) electrons. The van der Waals surface area contributed by atoms with Gasteiger partial charge in [-0.15, -0.1) is 10.1 Å². The first-order valence-corrected chi connectivity index (χ1v) is 0.565. The molecule has 0 aliphatic carbocycles. The second kappa shape index (κ2) is 16.2. The molecule has 0 saturated heterocycles. The summed E-state index contributed by atoms with van der Waals surface area (Å²) in [4.78, 5) is 8.36. The van der Waals surface area contributed by atoms with Crippen LogP contribution in [0.3, 0.4) is 0 Å². The Morgan fingerprint density at radius 3 is 1.43 bits per heavy atom. The monoisotopic (exact) mass is 238 g/mol. The van der Waals surface area contributed by atoms with Crippen molar-refractivity contribution in [3.05, 3.63) is 10.1 Å². The van der Waals surface area contributed by atoms with Gasteiger partial charge in [-0.25, -0.2) is 0 Å². The maximum Gasteiger partial charge on any atom is 0.291 e. The van der Waals surface area contributed by atoms with E-state index in [1.54, 1.807) is 0 Å². The Balaban J connectivity index is -0.0000000150. The molecule has 43 valence electrons. The summed E-state index contributed by atoms with van der Waals surface area (Å²) in [6.45, 7) is 0. The molecule has 0 unspecified atom stereocenters. The molecule has 5 N–H and O–H groups in total. The number of nitrogens with zero attached hydrogens (tertiary/aromatic N) is 1. The van der Waals surface area contributed by atoms with Gasteiger partial charge in [0.15, 0.2) is 0 Å². The molecule has 0 fully saturated rings. The number of hydrogen-bond donors (Lipinski definition) is 1. The topological polar surface area (TPSA) is 126 Å². The molecule has 0 aliphatic heterocycles. The fraction of sp³-hybridized carbons (Fsp3) is 0. The summed E-state index contributed by atoms with van der Waals surface area (Å²) in [6, 6.07) is 0. The summed E-state index contributed by atoms with van der Waals surface area (Å²) in [5, 5.41) is 13.6. The molecule has 0 aromatic rings. The Hall–Kier alpha value is 0.315. The molecule has 0 bridgehead atoms. The average Bonchev–Trinajstić information content (AvgIpc) is 0.811. The van der Waals surface area contributed by atoms with Crippen LogP contribution in [0.5, 0.6) is 0 Å². The number of rotatable bonds is 0. The zero-order valence-corrected chi connectivity index (χ0v) is 6.91. The van der Waals surface area contributed by atoms with Crippen LogP contribution >= 0.6 is 0 Å². The van der Waals surface area contributed by atoms with Crippen molar-refractivity contribution in [1.82, 2.24) is 0 Å². The van der Waals surface area contributed by atoms with E-state index in [1.807, 2.05) is 0 Å². The van der Waals surface area contributed by atoms with Crippen LogP contribution in [0.4, 0.5) is 0 Å². The van der Waals surface area contributed by atoms with Crippen molar-refractivity contribution in [2.45, 2.75) is 0 Å². The van der Waals surface area contributed by atoms with Crippen molar-refractivity contribution in [2.75, 3.05) is 0 Å². The molecule has 7 heteroatoms. The zero-order chi connectivity index (χ0) is 3.58. The van der Waals surface area contributed by atoms with E-state index in [0.717, 1.165) is 0 Å². The van der Waals surface area contributed by atoms with E-state index in [2.05, 4.69) is 0 Å². The Morgan fingerprint density at radius 1 is 1.43 bits per heavy atom. The molecular formula is H5LaNO5. The minimum atomic E-state index is -1.50. The molecule has 0 aliphatic rings. The Bertz CT molecular complexity index is 31.1. The quantitative estimate of drug-likeness (QED) is 0.387. The van der Waals surface area contributed by atoms with Crippen LogP contribution in [-0.2, 0) is 0 Å². The van der Waals surface area contributed by atoms with Crippen LogP contribution in [0.15, 0.2) is 0 Å². The fourth-order valence-corrected chi connectivity index (χ4v) is 0. The normalized spacial score (nSPS) is 3.43. The smallest absolute Gasteiger partial charge is 0.291 e. The predicted octanol–water partition coefficient (Wildman–Crippen LogP) is -2.00. The van der Waals surface area contributed by atoms with Gasteiger partial charge < -0.3 is 16.2 Å². The molecule has 0 aromatic carbocycles. The maximum atomic E-state index is 8.36. The van der Waals surface area contributed by atoms with Gasteiger partial charge in [-0.05, 0) is 0 Å². The van der Waals surface area contributed by atoms with Crippen LogP contribution in [0.1, 0.15) is 0 Å². The average molecular weight is 238 g/mol. The van der Waals surface area contributed by atoms with Gasteiger partial charge in [0.1, 0.15) is 0 Å². The van der Waals surface area contributed by atoms with Gasteiger partial charge in [0.25, 0.3) is 5.09 Å². The second-order valence-corrected chi connectivity index (χ2v) is 0.238. The van der Waals surface area contributed by atoms with Crippen LogP contribution in [0.2, 0.25) is 0 Å². The van der Waals surface area contributed by atoms with Crippen LogP contribution in [-0.4, -0.2) is 21.2 Å². The zero-order valence-electron chi connectivity index (χ0n) is 3.29. The molecule has 7 heavy (non-hydrogen) atoms. The first kappa shape index (κ1) is 26.5. The Labute approximate surface area is 66.8 Å².